The number of fused-ring (bicyclic) bond motifs is 2. The van der Waals surface area contributed by atoms with Crippen LogP contribution in [-0.2, 0) is 22.6 Å². The van der Waals surface area contributed by atoms with E-state index >= 15 is 0 Å². The van der Waals surface area contributed by atoms with Crippen LogP contribution >= 0.6 is 0 Å². The maximum absolute atomic E-state index is 13.9. The van der Waals surface area contributed by atoms with Crippen molar-refractivity contribution < 1.29 is 29.3 Å². The van der Waals surface area contributed by atoms with Gasteiger partial charge in [0.1, 0.15) is 29.6 Å². The van der Waals surface area contributed by atoms with Crippen LogP contribution in [0.4, 0.5) is 4.79 Å². The van der Waals surface area contributed by atoms with Gasteiger partial charge in [0.15, 0.2) is 0 Å². The third kappa shape index (κ3) is 8.86. The highest BCUT2D eigenvalue weighted by Gasteiger charge is 2.44. The average molecular weight is 615 g/mol. The van der Waals surface area contributed by atoms with E-state index in [2.05, 4.69) is 10.6 Å². The average Bonchev–Trinajstić information content (AvgIpc) is 3.03. The highest BCUT2D eigenvalue weighted by molar-refractivity contribution is 5.90. The van der Waals surface area contributed by atoms with E-state index in [0.29, 0.717) is 23.8 Å². The first-order valence-corrected chi connectivity index (χ1v) is 15.7. The molecule has 3 aromatic carbocycles. The molecule has 3 atom stereocenters. The van der Waals surface area contributed by atoms with Gasteiger partial charge in [-0.15, -0.1) is 0 Å². The second kappa shape index (κ2) is 15.4. The Balaban J connectivity index is 0.00000461. The summed E-state index contributed by atoms with van der Waals surface area (Å²) < 4.78 is 12.0. The Morgan fingerprint density at radius 1 is 0.933 bits per heavy atom. The normalized spacial score (nSPS) is 21.6. The van der Waals surface area contributed by atoms with Crippen LogP contribution in [-0.4, -0.2) is 46.0 Å². The van der Waals surface area contributed by atoms with Crippen LogP contribution in [0.2, 0.25) is 0 Å². The summed E-state index contributed by atoms with van der Waals surface area (Å²) in [5.41, 5.74) is 0.494. The number of hydrogen-bond donors (Lipinski definition) is 4. The second-order valence-corrected chi connectivity index (χ2v) is 12.6. The van der Waals surface area contributed by atoms with Crippen molar-refractivity contribution in [2.24, 2.45) is 5.92 Å². The summed E-state index contributed by atoms with van der Waals surface area (Å²) in [5, 5.41) is 26.7. The molecule has 0 aromatic heterocycles. The monoisotopic (exact) mass is 614 g/mol. The van der Waals surface area contributed by atoms with Crippen molar-refractivity contribution in [1.82, 2.24) is 10.6 Å². The van der Waals surface area contributed by atoms with E-state index in [1.54, 1.807) is 31.2 Å². The Morgan fingerprint density at radius 3 is 2.18 bits per heavy atom. The lowest BCUT2D eigenvalue weighted by Crippen LogP contribution is -2.61. The van der Waals surface area contributed by atoms with E-state index in [4.69, 9.17) is 9.47 Å². The van der Waals surface area contributed by atoms with Gasteiger partial charge in [-0.25, -0.2) is 4.79 Å². The molecule has 240 valence electrons. The summed E-state index contributed by atoms with van der Waals surface area (Å²) in [4.78, 5) is 27.4. The molecule has 8 heteroatoms. The first kappa shape index (κ1) is 34.0. The standard InChI is InChI=1S/C36H44N2O6.CH2/c1-35(33(41)37-31(24-39)32(40)29-14-6-3-7-15-29,38-34(42)44-36-20-8-12-26(23-36)13-9-21-36)22-27-16-18-30(19-17-27)43-25-28-10-4-2-5-11-28;/h2-7,10-11,14-19,26,31-32,39-40H,8-9,12-13,20-25H2,1H3,(H,37,41)(H,38,42);1H2. The molecular formula is C37H46N2O6. The number of nitrogens with one attached hydrogen (secondary N) is 2. The smallest absolute Gasteiger partial charge is 0.408 e. The summed E-state index contributed by atoms with van der Waals surface area (Å²) in [6, 6.07) is 25.2. The topological polar surface area (TPSA) is 117 Å². The van der Waals surface area contributed by atoms with Gasteiger partial charge in [0.25, 0.3) is 0 Å². The molecule has 0 aliphatic heterocycles. The minimum atomic E-state index is -1.44. The van der Waals surface area contributed by atoms with E-state index in [-0.39, 0.29) is 13.8 Å². The van der Waals surface area contributed by atoms with Gasteiger partial charge in [-0.2, -0.15) is 0 Å². The van der Waals surface area contributed by atoms with Crippen LogP contribution in [0.1, 0.15) is 74.7 Å². The fourth-order valence-corrected chi connectivity index (χ4v) is 6.69. The SMILES string of the molecule is CC(Cc1ccc(OCc2ccccc2)cc1)(NC(=O)OC12CCCC(CCC1)C2)C(=O)NC(CO)C(O)c1ccccc1.[CH2]. The molecule has 45 heavy (non-hydrogen) atoms. The van der Waals surface area contributed by atoms with Crippen molar-refractivity contribution in [2.45, 2.75) is 88.2 Å². The van der Waals surface area contributed by atoms with E-state index in [1.807, 2.05) is 60.7 Å². The van der Waals surface area contributed by atoms with Crippen LogP contribution in [0.25, 0.3) is 0 Å². The third-order valence-electron chi connectivity index (χ3n) is 9.10. The molecule has 0 spiro atoms. The number of alkyl carbamates (subject to hydrolysis) is 1. The van der Waals surface area contributed by atoms with E-state index in [9.17, 15) is 19.8 Å². The molecule has 2 bridgehead atoms. The van der Waals surface area contributed by atoms with Gasteiger partial charge < -0.3 is 30.3 Å². The van der Waals surface area contributed by atoms with E-state index in [1.165, 1.54) is 12.8 Å². The summed E-state index contributed by atoms with van der Waals surface area (Å²) >= 11 is 0. The van der Waals surface area contributed by atoms with Crippen LogP contribution in [0.5, 0.6) is 5.75 Å². The molecule has 2 saturated carbocycles. The van der Waals surface area contributed by atoms with Crippen LogP contribution < -0.4 is 15.4 Å². The maximum atomic E-state index is 13.9. The van der Waals surface area contributed by atoms with Gasteiger partial charge >= 0.3 is 6.09 Å². The third-order valence-corrected chi connectivity index (χ3v) is 9.10. The summed E-state index contributed by atoms with van der Waals surface area (Å²) in [6.07, 6.45) is 5.33. The largest absolute Gasteiger partial charge is 0.489 e. The molecule has 5 rings (SSSR count). The van der Waals surface area contributed by atoms with Gasteiger partial charge in [0.2, 0.25) is 5.91 Å². The Hall–Kier alpha value is -3.88. The number of ether oxygens (including phenoxy) is 2. The van der Waals surface area contributed by atoms with Crippen molar-refractivity contribution in [3.8, 4) is 5.75 Å². The summed E-state index contributed by atoms with van der Waals surface area (Å²) in [7, 11) is 0. The Labute approximate surface area is 267 Å². The van der Waals surface area contributed by atoms with Crippen molar-refractivity contribution in [2.75, 3.05) is 6.61 Å². The quantitative estimate of drug-likeness (QED) is 0.201. The molecule has 0 heterocycles. The van der Waals surface area contributed by atoms with E-state index in [0.717, 1.165) is 43.2 Å². The fraction of sp³-hybridized carbons (Fsp3) is 0.432. The Kier molecular flexibility index (Phi) is 11.6. The minimum Gasteiger partial charge on any atom is -0.489 e. The molecule has 2 amide bonds. The highest BCUT2D eigenvalue weighted by Crippen LogP contribution is 2.45. The number of amides is 2. The zero-order chi connectivity index (χ0) is 31.0. The lowest BCUT2D eigenvalue weighted by molar-refractivity contribution is -0.129. The van der Waals surface area contributed by atoms with Gasteiger partial charge in [0, 0.05) is 6.42 Å². The second-order valence-electron chi connectivity index (χ2n) is 12.6. The minimum absolute atomic E-state index is 0. The lowest BCUT2D eigenvalue weighted by Gasteiger charge is -2.44. The molecule has 2 fully saturated rings. The first-order valence-electron chi connectivity index (χ1n) is 15.7. The molecule has 2 aliphatic carbocycles. The predicted molar refractivity (Wildman–Crippen MR) is 173 cm³/mol. The molecule has 2 radical (unpaired) electrons. The maximum Gasteiger partial charge on any atom is 0.408 e. The predicted octanol–water partition coefficient (Wildman–Crippen LogP) is 5.94. The van der Waals surface area contributed by atoms with Crippen LogP contribution in [0.15, 0.2) is 84.9 Å². The number of aliphatic hydroxyl groups excluding tert-OH is 2. The number of carbonyl (C=O) groups is 2. The number of aliphatic hydroxyl groups is 2. The zero-order valence-electron chi connectivity index (χ0n) is 26.1. The van der Waals surface area contributed by atoms with Gasteiger partial charge in [0.05, 0.1) is 12.6 Å². The number of hydrogen-bond acceptors (Lipinski definition) is 6. The van der Waals surface area contributed by atoms with Gasteiger partial charge in [-0.1, -0.05) is 93.1 Å². The van der Waals surface area contributed by atoms with Crippen molar-refractivity contribution in [3.63, 3.8) is 0 Å². The van der Waals surface area contributed by atoms with Crippen LogP contribution in [0, 0.1) is 13.3 Å². The molecule has 2 aliphatic rings. The molecular weight excluding hydrogens is 568 g/mol. The summed E-state index contributed by atoms with van der Waals surface area (Å²) in [6.45, 7) is 1.60. The number of rotatable bonds is 12. The molecule has 0 saturated heterocycles. The number of benzene rings is 3. The molecule has 8 nitrogen and oxygen atoms in total. The highest BCUT2D eigenvalue weighted by atomic mass is 16.6. The van der Waals surface area contributed by atoms with Gasteiger partial charge in [-0.3, -0.25) is 4.79 Å². The zero-order valence-corrected chi connectivity index (χ0v) is 26.1. The van der Waals surface area contributed by atoms with Crippen LogP contribution in [0.3, 0.4) is 0 Å². The Bertz CT molecular complexity index is 1360. The van der Waals surface area contributed by atoms with Crippen molar-refractivity contribution >= 4 is 12.0 Å². The Morgan fingerprint density at radius 2 is 1.56 bits per heavy atom. The lowest BCUT2D eigenvalue weighted by atomic mass is 9.69. The van der Waals surface area contributed by atoms with Crippen molar-refractivity contribution in [3.05, 3.63) is 109 Å². The molecule has 3 aromatic rings. The molecule has 4 N–H and O–H groups in total. The molecule has 3 unspecified atom stereocenters. The summed E-state index contributed by atoms with van der Waals surface area (Å²) in [5.74, 6) is 0.730. The van der Waals surface area contributed by atoms with E-state index < -0.39 is 41.9 Å². The fourth-order valence-electron chi connectivity index (χ4n) is 6.69. The first-order chi connectivity index (χ1) is 21.3. The number of carbonyl (C=O) groups excluding carboxylic acids is 2. The van der Waals surface area contributed by atoms with Crippen molar-refractivity contribution in [1.29, 1.82) is 0 Å². The van der Waals surface area contributed by atoms with Gasteiger partial charge in [-0.05, 0) is 73.8 Å².